The van der Waals surface area contributed by atoms with Gasteiger partial charge in [0.05, 0.1) is 5.69 Å². The smallest absolute Gasteiger partial charge is 0.0880 e. The van der Waals surface area contributed by atoms with Crippen molar-refractivity contribution in [3.8, 4) is 0 Å². The lowest BCUT2D eigenvalue weighted by molar-refractivity contribution is 0.376. The quantitative estimate of drug-likeness (QED) is 0.606. The van der Waals surface area contributed by atoms with Crippen LogP contribution in [0.3, 0.4) is 0 Å². The average Bonchev–Trinajstić information content (AvgIpc) is 2.84. The van der Waals surface area contributed by atoms with Crippen LogP contribution in [0.5, 0.6) is 0 Å². The minimum absolute atomic E-state index is 0.249. The van der Waals surface area contributed by atoms with E-state index in [0.29, 0.717) is 0 Å². The van der Waals surface area contributed by atoms with E-state index in [1.165, 1.54) is 50.5 Å². The summed E-state index contributed by atoms with van der Waals surface area (Å²) in [6.07, 6.45) is 12.9. The van der Waals surface area contributed by atoms with Gasteiger partial charge in [-0.1, -0.05) is 59.5 Å². The summed E-state index contributed by atoms with van der Waals surface area (Å²) < 4.78 is 0. The Kier molecular flexibility index (Phi) is 6.17. The maximum Gasteiger partial charge on any atom is 0.0880 e. The molecule has 1 unspecified atom stereocenters. The van der Waals surface area contributed by atoms with Crippen molar-refractivity contribution in [3.05, 3.63) is 24.0 Å². The normalized spacial score (nSPS) is 14.4. The molecule has 0 fully saturated rings. The topological polar surface area (TPSA) is 28.7 Å². The maximum atomic E-state index is 4.28. The number of aromatic nitrogens is 2. The van der Waals surface area contributed by atoms with Gasteiger partial charge in [0.25, 0.3) is 0 Å². The van der Waals surface area contributed by atoms with E-state index in [2.05, 4.69) is 43.7 Å². The first-order valence-corrected chi connectivity index (χ1v) is 7.34. The first kappa shape index (κ1) is 15.0. The van der Waals surface area contributed by atoms with Crippen molar-refractivity contribution in [1.82, 2.24) is 10.2 Å². The van der Waals surface area contributed by atoms with Gasteiger partial charge in [-0.05, 0) is 24.3 Å². The van der Waals surface area contributed by atoms with Crippen LogP contribution in [0.15, 0.2) is 12.8 Å². The second kappa shape index (κ2) is 7.40. The van der Waals surface area contributed by atoms with Gasteiger partial charge < -0.3 is 0 Å². The second-order valence-corrected chi connectivity index (χ2v) is 5.51. The predicted molar refractivity (Wildman–Crippen MR) is 79.7 cm³/mol. The fraction of sp³-hybridized carbons (Fsp3) is 0.688. The highest BCUT2D eigenvalue weighted by Gasteiger charge is 2.28. The Morgan fingerprint density at radius 2 is 2.00 bits per heavy atom. The van der Waals surface area contributed by atoms with Crippen molar-refractivity contribution < 1.29 is 0 Å². The first-order chi connectivity index (χ1) is 8.68. The Bertz CT molecular complexity index is 354. The molecule has 1 aromatic heterocycles. The molecular formula is C16H28N2. The molecule has 2 heteroatoms. The largest absolute Gasteiger partial charge is 0.285 e. The first-order valence-electron chi connectivity index (χ1n) is 7.34. The number of H-pyrrole nitrogens is 1. The second-order valence-electron chi connectivity index (χ2n) is 5.51. The van der Waals surface area contributed by atoms with Gasteiger partial charge >= 0.3 is 0 Å². The third-order valence-electron chi connectivity index (χ3n) is 3.90. The summed E-state index contributed by atoms with van der Waals surface area (Å²) >= 11 is 0. The van der Waals surface area contributed by atoms with Gasteiger partial charge in [-0.25, -0.2) is 0 Å². The Morgan fingerprint density at radius 1 is 1.22 bits per heavy atom. The van der Waals surface area contributed by atoms with E-state index >= 15 is 0 Å². The molecular weight excluding hydrogens is 220 g/mol. The molecule has 1 rings (SSSR count). The minimum Gasteiger partial charge on any atom is -0.285 e. The van der Waals surface area contributed by atoms with E-state index < -0.39 is 0 Å². The van der Waals surface area contributed by atoms with Crippen LogP contribution in [0.1, 0.15) is 77.0 Å². The molecule has 0 spiro atoms. The van der Waals surface area contributed by atoms with Crippen LogP contribution in [-0.2, 0) is 5.41 Å². The summed E-state index contributed by atoms with van der Waals surface area (Å²) in [4.78, 5) is 0. The molecule has 0 aliphatic rings. The summed E-state index contributed by atoms with van der Waals surface area (Å²) in [7, 11) is 0. The van der Waals surface area contributed by atoms with E-state index in [1.807, 2.05) is 6.08 Å². The van der Waals surface area contributed by atoms with E-state index in [9.17, 15) is 0 Å². The molecule has 18 heavy (non-hydrogen) atoms. The highest BCUT2D eigenvalue weighted by atomic mass is 15.1. The zero-order valence-electron chi connectivity index (χ0n) is 12.3. The van der Waals surface area contributed by atoms with Gasteiger partial charge in [0, 0.05) is 11.8 Å². The van der Waals surface area contributed by atoms with Crippen LogP contribution in [-0.4, -0.2) is 10.2 Å². The molecule has 0 aromatic carbocycles. The fourth-order valence-corrected chi connectivity index (χ4v) is 2.83. The van der Waals surface area contributed by atoms with E-state index in [-0.39, 0.29) is 5.41 Å². The molecule has 1 heterocycles. The molecule has 1 atom stereocenters. The average molecular weight is 248 g/mol. The number of aromatic amines is 1. The van der Waals surface area contributed by atoms with E-state index in [0.717, 1.165) is 5.69 Å². The summed E-state index contributed by atoms with van der Waals surface area (Å²) in [6, 6.07) is 0. The zero-order valence-corrected chi connectivity index (χ0v) is 12.3. The lowest BCUT2D eigenvalue weighted by Crippen LogP contribution is -2.22. The molecule has 0 aliphatic carbocycles. The molecule has 0 bridgehead atoms. The van der Waals surface area contributed by atoms with Gasteiger partial charge in [-0.3, -0.25) is 5.10 Å². The third kappa shape index (κ3) is 3.72. The van der Waals surface area contributed by atoms with Crippen molar-refractivity contribution in [2.75, 3.05) is 0 Å². The van der Waals surface area contributed by atoms with Gasteiger partial charge in [0.15, 0.2) is 0 Å². The SMILES string of the molecule is C=Cc1n[nH]cc1C(C)(CCC)CCCCCC. The highest BCUT2D eigenvalue weighted by molar-refractivity contribution is 5.48. The van der Waals surface area contributed by atoms with Gasteiger partial charge in [0.2, 0.25) is 0 Å². The van der Waals surface area contributed by atoms with Crippen molar-refractivity contribution >= 4 is 6.08 Å². The van der Waals surface area contributed by atoms with Crippen molar-refractivity contribution in [3.63, 3.8) is 0 Å². The summed E-state index contributed by atoms with van der Waals surface area (Å²) in [6.45, 7) is 10.8. The molecule has 102 valence electrons. The summed E-state index contributed by atoms with van der Waals surface area (Å²) in [5.74, 6) is 0. The predicted octanol–water partition coefficient (Wildman–Crippen LogP) is 5.08. The molecule has 0 saturated heterocycles. The Morgan fingerprint density at radius 3 is 2.61 bits per heavy atom. The van der Waals surface area contributed by atoms with Crippen LogP contribution in [0.4, 0.5) is 0 Å². The lowest BCUT2D eigenvalue weighted by atomic mass is 9.75. The van der Waals surface area contributed by atoms with Gasteiger partial charge in [-0.15, -0.1) is 0 Å². The number of nitrogens with zero attached hydrogens (tertiary/aromatic N) is 1. The van der Waals surface area contributed by atoms with E-state index in [1.54, 1.807) is 0 Å². The molecule has 0 aliphatic heterocycles. The molecule has 1 aromatic rings. The molecule has 1 N–H and O–H groups in total. The monoisotopic (exact) mass is 248 g/mol. The van der Waals surface area contributed by atoms with E-state index in [4.69, 9.17) is 0 Å². The summed E-state index contributed by atoms with van der Waals surface area (Å²) in [5.41, 5.74) is 2.62. The lowest BCUT2D eigenvalue weighted by Gasteiger charge is -2.29. The molecule has 0 radical (unpaired) electrons. The molecule has 2 nitrogen and oxygen atoms in total. The number of unbranched alkanes of at least 4 members (excludes halogenated alkanes) is 3. The van der Waals surface area contributed by atoms with Crippen LogP contribution in [0.25, 0.3) is 6.08 Å². The Balaban J connectivity index is 2.75. The standard InChI is InChI=1S/C16H28N2/c1-5-8-9-10-12-16(4,11-6-2)14-13-17-18-15(14)7-3/h7,13H,3,5-6,8-12H2,1-2,4H3,(H,17,18). The van der Waals surface area contributed by atoms with Crippen LogP contribution in [0, 0.1) is 0 Å². The van der Waals surface area contributed by atoms with Gasteiger partial charge in [-0.2, -0.15) is 5.10 Å². The molecule has 0 saturated carbocycles. The Labute approximate surface area is 112 Å². The minimum atomic E-state index is 0.249. The van der Waals surface area contributed by atoms with Crippen LogP contribution < -0.4 is 0 Å². The van der Waals surface area contributed by atoms with Crippen molar-refractivity contribution in [1.29, 1.82) is 0 Å². The van der Waals surface area contributed by atoms with Gasteiger partial charge in [0.1, 0.15) is 0 Å². The third-order valence-corrected chi connectivity index (χ3v) is 3.90. The number of rotatable bonds is 9. The summed E-state index contributed by atoms with van der Waals surface area (Å²) in [5, 5.41) is 7.28. The van der Waals surface area contributed by atoms with Crippen LogP contribution >= 0.6 is 0 Å². The number of nitrogens with one attached hydrogen (secondary N) is 1. The zero-order chi connectivity index (χ0) is 13.4. The van der Waals surface area contributed by atoms with Crippen molar-refractivity contribution in [2.24, 2.45) is 0 Å². The van der Waals surface area contributed by atoms with Crippen LogP contribution in [0.2, 0.25) is 0 Å². The molecule has 0 amide bonds. The number of hydrogen-bond acceptors (Lipinski definition) is 1. The fourth-order valence-electron chi connectivity index (χ4n) is 2.83. The maximum absolute atomic E-state index is 4.28. The Hall–Kier alpha value is -1.05. The number of hydrogen-bond donors (Lipinski definition) is 1. The highest BCUT2D eigenvalue weighted by Crippen LogP contribution is 2.36. The van der Waals surface area contributed by atoms with Crippen molar-refractivity contribution in [2.45, 2.75) is 71.1 Å².